The zero-order valence-electron chi connectivity index (χ0n) is 9.86. The van der Waals surface area contributed by atoms with Crippen molar-refractivity contribution < 1.29 is 4.79 Å². The van der Waals surface area contributed by atoms with Gasteiger partial charge < -0.3 is 5.32 Å². The number of allylic oxidation sites excluding steroid dienone is 1. The van der Waals surface area contributed by atoms with E-state index in [2.05, 4.69) is 17.2 Å². The lowest BCUT2D eigenvalue weighted by Gasteiger charge is -2.02. The normalized spacial score (nSPS) is 11.2. The molecule has 1 N–H and O–H groups in total. The lowest BCUT2D eigenvalue weighted by atomic mass is 10.1. The maximum Gasteiger partial charge on any atom is 0.244 e. The van der Waals surface area contributed by atoms with Gasteiger partial charge in [-0.25, -0.2) is 0 Å². The highest BCUT2D eigenvalue weighted by Crippen LogP contribution is 2.02. The van der Waals surface area contributed by atoms with Gasteiger partial charge in [0.2, 0.25) is 5.91 Å². The van der Waals surface area contributed by atoms with Gasteiger partial charge >= 0.3 is 0 Å². The summed E-state index contributed by atoms with van der Waals surface area (Å²) in [6.45, 7) is 4.56. The molecule has 0 radical (unpaired) electrons. The highest BCUT2D eigenvalue weighted by Gasteiger charge is 1.98. The standard InChI is InChI=1S/C13H18N2O/c1-3-6-11(2)9-13(16)15-10-12-7-4-5-8-14-12/h4-5,7-9H,3,6,10H2,1-2H3,(H,15,16)/b11-9+. The minimum atomic E-state index is -0.0448. The second-order valence-electron chi connectivity index (χ2n) is 3.78. The molecule has 0 aromatic carbocycles. The van der Waals surface area contributed by atoms with E-state index >= 15 is 0 Å². The number of nitrogens with zero attached hydrogens (tertiary/aromatic N) is 1. The highest BCUT2D eigenvalue weighted by atomic mass is 16.1. The van der Waals surface area contributed by atoms with Gasteiger partial charge in [-0.05, 0) is 25.5 Å². The Labute approximate surface area is 96.6 Å². The molecule has 0 saturated heterocycles. The van der Waals surface area contributed by atoms with Gasteiger partial charge in [-0.3, -0.25) is 9.78 Å². The molecule has 1 aromatic heterocycles. The average molecular weight is 218 g/mol. The molecule has 1 aromatic rings. The Balaban J connectivity index is 2.39. The van der Waals surface area contributed by atoms with Gasteiger partial charge in [-0.1, -0.05) is 25.0 Å². The van der Waals surface area contributed by atoms with Crippen molar-refractivity contribution in [3.8, 4) is 0 Å². The third kappa shape index (κ3) is 4.73. The number of pyridine rings is 1. The number of rotatable bonds is 5. The summed E-state index contributed by atoms with van der Waals surface area (Å²) in [5.74, 6) is -0.0448. The van der Waals surface area contributed by atoms with Gasteiger partial charge in [0.15, 0.2) is 0 Å². The number of carbonyl (C=O) groups excluding carboxylic acids is 1. The Bertz CT molecular complexity index is 357. The molecule has 3 heteroatoms. The summed E-state index contributed by atoms with van der Waals surface area (Å²) in [6.07, 6.45) is 5.42. The first-order valence-electron chi connectivity index (χ1n) is 5.57. The maximum atomic E-state index is 11.5. The van der Waals surface area contributed by atoms with Crippen molar-refractivity contribution in [1.82, 2.24) is 10.3 Å². The van der Waals surface area contributed by atoms with Crippen LogP contribution in [-0.4, -0.2) is 10.9 Å². The molecule has 0 unspecified atom stereocenters. The molecule has 1 heterocycles. The monoisotopic (exact) mass is 218 g/mol. The number of aromatic nitrogens is 1. The molecule has 0 fully saturated rings. The minimum absolute atomic E-state index is 0.0448. The van der Waals surface area contributed by atoms with Crippen LogP contribution in [0, 0.1) is 0 Å². The van der Waals surface area contributed by atoms with E-state index in [0.717, 1.165) is 24.1 Å². The summed E-state index contributed by atoms with van der Waals surface area (Å²) in [5, 5.41) is 2.81. The van der Waals surface area contributed by atoms with Crippen LogP contribution >= 0.6 is 0 Å². The predicted molar refractivity (Wildman–Crippen MR) is 64.7 cm³/mol. The average Bonchev–Trinajstić information content (AvgIpc) is 2.28. The second kappa shape index (κ2) is 6.77. The fraction of sp³-hybridized carbons (Fsp3) is 0.385. The molecule has 3 nitrogen and oxygen atoms in total. The Morgan fingerprint density at radius 2 is 2.31 bits per heavy atom. The number of hydrogen-bond acceptors (Lipinski definition) is 2. The van der Waals surface area contributed by atoms with E-state index in [4.69, 9.17) is 0 Å². The zero-order valence-corrected chi connectivity index (χ0v) is 9.86. The zero-order chi connectivity index (χ0) is 11.8. The number of hydrogen-bond donors (Lipinski definition) is 1. The first kappa shape index (κ1) is 12.4. The van der Waals surface area contributed by atoms with Crippen molar-refractivity contribution in [3.05, 3.63) is 41.7 Å². The van der Waals surface area contributed by atoms with Gasteiger partial charge in [0, 0.05) is 12.3 Å². The first-order valence-corrected chi connectivity index (χ1v) is 5.57. The van der Waals surface area contributed by atoms with Crippen LogP contribution < -0.4 is 5.32 Å². The van der Waals surface area contributed by atoms with Crippen LogP contribution in [0.1, 0.15) is 32.4 Å². The van der Waals surface area contributed by atoms with E-state index in [1.165, 1.54) is 0 Å². The van der Waals surface area contributed by atoms with Crippen LogP contribution in [0.25, 0.3) is 0 Å². The molecule has 0 aliphatic heterocycles. The van der Waals surface area contributed by atoms with Gasteiger partial charge in [0.25, 0.3) is 0 Å². The predicted octanol–water partition coefficient (Wildman–Crippen LogP) is 2.44. The Kier molecular flexibility index (Phi) is 5.26. The van der Waals surface area contributed by atoms with Gasteiger partial charge in [-0.2, -0.15) is 0 Å². The third-order valence-corrected chi connectivity index (χ3v) is 2.19. The summed E-state index contributed by atoms with van der Waals surface area (Å²) in [5.41, 5.74) is 1.98. The van der Waals surface area contributed by atoms with Crippen LogP contribution in [0.15, 0.2) is 36.0 Å². The van der Waals surface area contributed by atoms with Crippen molar-refractivity contribution in [2.75, 3.05) is 0 Å². The Morgan fingerprint density at radius 3 is 2.94 bits per heavy atom. The molecule has 16 heavy (non-hydrogen) atoms. The number of amides is 1. The van der Waals surface area contributed by atoms with Gasteiger partial charge in [0.05, 0.1) is 12.2 Å². The van der Waals surface area contributed by atoms with E-state index in [9.17, 15) is 4.79 Å². The summed E-state index contributed by atoms with van der Waals surface area (Å²) in [7, 11) is 0. The SMILES string of the molecule is CCC/C(C)=C/C(=O)NCc1ccccn1. The number of carbonyl (C=O) groups is 1. The lowest BCUT2D eigenvalue weighted by molar-refractivity contribution is -0.116. The minimum Gasteiger partial charge on any atom is -0.347 e. The summed E-state index contributed by atoms with van der Waals surface area (Å²) in [4.78, 5) is 15.6. The molecule has 1 amide bonds. The van der Waals surface area contributed by atoms with Crippen molar-refractivity contribution in [3.63, 3.8) is 0 Å². The largest absolute Gasteiger partial charge is 0.347 e. The topological polar surface area (TPSA) is 42.0 Å². The van der Waals surface area contributed by atoms with Crippen molar-refractivity contribution in [2.45, 2.75) is 33.2 Å². The molecule has 86 valence electrons. The summed E-state index contributed by atoms with van der Waals surface area (Å²) < 4.78 is 0. The van der Waals surface area contributed by atoms with E-state index in [1.807, 2.05) is 25.1 Å². The van der Waals surface area contributed by atoms with Crippen LogP contribution in [0.3, 0.4) is 0 Å². The van der Waals surface area contributed by atoms with E-state index < -0.39 is 0 Å². The maximum absolute atomic E-state index is 11.5. The molecule has 0 saturated carbocycles. The van der Waals surface area contributed by atoms with Crippen LogP contribution in [0.5, 0.6) is 0 Å². The fourth-order valence-electron chi connectivity index (χ4n) is 1.42. The van der Waals surface area contributed by atoms with Gasteiger partial charge in [0.1, 0.15) is 0 Å². The van der Waals surface area contributed by atoms with Crippen LogP contribution in [0.4, 0.5) is 0 Å². The van der Waals surface area contributed by atoms with Crippen LogP contribution in [-0.2, 0) is 11.3 Å². The summed E-state index contributed by atoms with van der Waals surface area (Å²) in [6, 6.07) is 5.66. The molecule has 0 atom stereocenters. The molecule has 0 aliphatic rings. The molecule has 0 bridgehead atoms. The molecule has 0 aliphatic carbocycles. The van der Waals surface area contributed by atoms with Crippen molar-refractivity contribution in [1.29, 1.82) is 0 Å². The fourth-order valence-corrected chi connectivity index (χ4v) is 1.42. The van der Waals surface area contributed by atoms with Gasteiger partial charge in [-0.15, -0.1) is 0 Å². The van der Waals surface area contributed by atoms with E-state index in [0.29, 0.717) is 6.54 Å². The molecule has 0 spiro atoms. The number of nitrogens with one attached hydrogen (secondary N) is 1. The smallest absolute Gasteiger partial charge is 0.244 e. The third-order valence-electron chi connectivity index (χ3n) is 2.19. The molecule has 1 rings (SSSR count). The van der Waals surface area contributed by atoms with Crippen LogP contribution in [0.2, 0.25) is 0 Å². The van der Waals surface area contributed by atoms with E-state index in [-0.39, 0.29) is 5.91 Å². The molecular formula is C13H18N2O. The second-order valence-corrected chi connectivity index (χ2v) is 3.78. The highest BCUT2D eigenvalue weighted by molar-refractivity contribution is 5.88. The van der Waals surface area contributed by atoms with Crippen molar-refractivity contribution >= 4 is 5.91 Å². The quantitative estimate of drug-likeness (QED) is 0.771. The summed E-state index contributed by atoms with van der Waals surface area (Å²) >= 11 is 0. The first-order chi connectivity index (χ1) is 7.72. The molecular weight excluding hydrogens is 200 g/mol. The van der Waals surface area contributed by atoms with E-state index in [1.54, 1.807) is 12.3 Å². The Hall–Kier alpha value is -1.64. The Morgan fingerprint density at radius 1 is 1.50 bits per heavy atom. The lowest BCUT2D eigenvalue weighted by Crippen LogP contribution is -2.21. The van der Waals surface area contributed by atoms with Crippen molar-refractivity contribution in [2.24, 2.45) is 0 Å².